The van der Waals surface area contributed by atoms with Crippen molar-refractivity contribution >= 4 is 49.2 Å². The molecule has 0 bridgehead atoms. The molecule has 5 heteroatoms. The van der Waals surface area contributed by atoms with Crippen LogP contribution in [0.3, 0.4) is 0 Å². The number of furan rings is 1. The first-order chi connectivity index (χ1) is 28.6. The van der Waals surface area contributed by atoms with Gasteiger partial charge in [0.15, 0.2) is 0 Å². The van der Waals surface area contributed by atoms with Crippen LogP contribution in [0.15, 0.2) is 88.1 Å². The topological polar surface area (TPSA) is 58.6 Å². The third-order valence-corrected chi connectivity index (χ3v) is 14.2. The second kappa shape index (κ2) is 18.9. The van der Waals surface area contributed by atoms with Crippen LogP contribution in [0.1, 0.15) is 163 Å². The van der Waals surface area contributed by atoms with Crippen LogP contribution < -0.4 is 0 Å². The van der Waals surface area contributed by atoms with E-state index < -0.39 is 0 Å². The third-order valence-electron chi connectivity index (χ3n) is 14.2. The number of benzene rings is 4. The summed E-state index contributed by atoms with van der Waals surface area (Å²) in [6.45, 7) is 25.1. The molecule has 2 aliphatic carbocycles. The molecule has 2 heterocycles. The van der Waals surface area contributed by atoms with Crippen LogP contribution in [-0.2, 0) is 36.4 Å². The van der Waals surface area contributed by atoms with E-state index in [1.54, 1.807) is 0 Å². The van der Waals surface area contributed by atoms with Crippen molar-refractivity contribution < 1.29 is 29.6 Å². The van der Waals surface area contributed by atoms with E-state index in [0.717, 1.165) is 81.8 Å². The number of rotatable bonds is 9. The normalized spacial score (nSPS) is 17.2. The molecule has 0 aliphatic heterocycles. The zero-order valence-electron chi connectivity index (χ0n) is 39.0. The molecule has 4 nitrogen and oxygen atoms in total. The molecule has 327 valence electrons. The van der Waals surface area contributed by atoms with Crippen LogP contribution in [0.25, 0.3) is 54.7 Å². The number of hydrogen-bond acceptors (Lipinski definition) is 4. The number of hydrogen-bond donors (Lipinski definition) is 1. The van der Waals surface area contributed by atoms with Gasteiger partial charge in [-0.25, -0.2) is 0 Å². The van der Waals surface area contributed by atoms with Crippen LogP contribution in [0.2, 0.25) is 0 Å². The Bertz CT molecular complexity index is 2530. The Labute approximate surface area is 380 Å². The summed E-state index contributed by atoms with van der Waals surface area (Å²) in [6.07, 6.45) is 16.9. The molecule has 1 saturated carbocycles. The Hall–Kier alpha value is -3.79. The Morgan fingerprint density at radius 1 is 0.820 bits per heavy atom. The maximum absolute atomic E-state index is 10.4. The molecule has 4 aromatic carbocycles. The molecule has 2 aromatic heterocycles. The Morgan fingerprint density at radius 2 is 1.49 bits per heavy atom. The summed E-state index contributed by atoms with van der Waals surface area (Å²) in [5.74, 6) is 1.32. The summed E-state index contributed by atoms with van der Waals surface area (Å²) in [7, 11) is 0. The molecule has 61 heavy (non-hydrogen) atoms. The van der Waals surface area contributed by atoms with Crippen LogP contribution >= 0.6 is 0 Å². The van der Waals surface area contributed by atoms with E-state index in [4.69, 9.17) is 14.4 Å². The van der Waals surface area contributed by atoms with Crippen molar-refractivity contribution in [3.05, 3.63) is 101 Å². The molecular formula is C56H71IrN2O2-. The number of aliphatic hydroxyl groups is 1. The zero-order valence-corrected chi connectivity index (χ0v) is 41.4. The molecule has 0 saturated heterocycles. The fourth-order valence-electron chi connectivity index (χ4n) is 10.2. The number of aromatic nitrogens is 1. The van der Waals surface area contributed by atoms with Gasteiger partial charge in [0.1, 0.15) is 11.2 Å². The fraction of sp³-hybridized carbons (Fsp3) is 0.500. The predicted molar refractivity (Wildman–Crippen MR) is 258 cm³/mol. The van der Waals surface area contributed by atoms with Gasteiger partial charge in [-0.3, -0.25) is 9.98 Å². The minimum absolute atomic E-state index is 0. The molecule has 1 fully saturated rings. The van der Waals surface area contributed by atoms with E-state index in [1.165, 1.54) is 66.0 Å². The fourth-order valence-corrected chi connectivity index (χ4v) is 10.2. The van der Waals surface area contributed by atoms with Crippen LogP contribution in [0.5, 0.6) is 0 Å². The van der Waals surface area contributed by atoms with Gasteiger partial charge < -0.3 is 9.52 Å². The predicted octanol–water partition coefficient (Wildman–Crippen LogP) is 16.5. The average Bonchev–Trinajstić information content (AvgIpc) is 3.59. The number of nitrogens with zero attached hydrogens (tertiary/aromatic N) is 2. The van der Waals surface area contributed by atoms with Crippen molar-refractivity contribution in [2.24, 2.45) is 16.8 Å². The first-order valence-electron chi connectivity index (χ1n) is 23.3. The minimum Gasteiger partial charge on any atom is -0.512 e. The van der Waals surface area contributed by atoms with Crippen LogP contribution in [0.4, 0.5) is 0 Å². The number of aliphatic hydroxyl groups excluding tert-OH is 1. The molecule has 0 atom stereocenters. The Balaban J connectivity index is 0.000000242. The molecule has 0 spiro atoms. The van der Waals surface area contributed by atoms with Gasteiger partial charge in [-0.15, -0.1) is 29.1 Å². The molecule has 0 amide bonds. The van der Waals surface area contributed by atoms with Crippen molar-refractivity contribution in [2.45, 2.75) is 169 Å². The molecule has 0 unspecified atom stereocenters. The number of fused-ring (bicyclic) bond motifs is 7. The summed E-state index contributed by atoms with van der Waals surface area (Å²) in [6, 6.07) is 26.3. The van der Waals surface area contributed by atoms with Crippen LogP contribution in [0, 0.1) is 17.9 Å². The van der Waals surface area contributed by atoms with Gasteiger partial charge in [-0.1, -0.05) is 137 Å². The van der Waals surface area contributed by atoms with Gasteiger partial charge in [0.05, 0.1) is 11.8 Å². The maximum Gasteiger partial charge on any atom is 0.139 e. The monoisotopic (exact) mass is 997 g/mol. The maximum atomic E-state index is 10.4. The Morgan fingerprint density at radius 3 is 2.16 bits per heavy atom. The minimum atomic E-state index is 0. The van der Waals surface area contributed by atoms with Crippen molar-refractivity contribution in [1.29, 1.82) is 0 Å². The van der Waals surface area contributed by atoms with Crippen molar-refractivity contribution in [1.82, 2.24) is 4.98 Å². The smallest absolute Gasteiger partial charge is 0.139 e. The van der Waals surface area contributed by atoms with E-state index in [2.05, 4.69) is 143 Å². The van der Waals surface area contributed by atoms with Crippen molar-refractivity contribution in [2.75, 3.05) is 0 Å². The first-order valence-corrected chi connectivity index (χ1v) is 23.3. The second-order valence-electron chi connectivity index (χ2n) is 20.3. The molecule has 1 radical (unpaired) electrons. The van der Waals surface area contributed by atoms with E-state index in [-0.39, 0.29) is 42.3 Å². The summed E-state index contributed by atoms with van der Waals surface area (Å²) in [5, 5.41) is 17.4. The van der Waals surface area contributed by atoms with Gasteiger partial charge in [0.2, 0.25) is 0 Å². The average molecular weight is 996 g/mol. The van der Waals surface area contributed by atoms with E-state index in [0.29, 0.717) is 17.7 Å². The van der Waals surface area contributed by atoms with Gasteiger partial charge in [0.25, 0.3) is 0 Å². The summed E-state index contributed by atoms with van der Waals surface area (Å²) in [4.78, 5) is 9.98. The van der Waals surface area contributed by atoms with E-state index >= 15 is 0 Å². The standard InChI is InChI=1S/C37H36NO.C19H35NO.Ir/c1-35(2,3)30-19-24(18-22-10-8-9-11-25(22)30)33-27-21-28-26-12-13-29-32(37(6,7)16-15-36(29,4)5)34(26)39-31(28)20-23(27)14-17-38-33;1-5-15(6-2)18(14-19(21)16(7-3)8-4)20-17-12-10-9-11-13-17;/h8-14,17,19-21H,15-16H2,1-7H3;14-17,21H,5-13H2,1-4H3;/q-1;;/b;19-14-,20-18?;. The van der Waals surface area contributed by atoms with Gasteiger partial charge in [-0.2, -0.15) is 0 Å². The summed E-state index contributed by atoms with van der Waals surface area (Å²) in [5.41, 5.74) is 9.51. The second-order valence-corrected chi connectivity index (χ2v) is 20.3. The number of aliphatic imine (C=N–C) groups is 1. The quantitative estimate of drug-likeness (QED) is 0.0892. The van der Waals surface area contributed by atoms with Gasteiger partial charge in [-0.05, 0) is 108 Å². The van der Waals surface area contributed by atoms with Gasteiger partial charge >= 0.3 is 0 Å². The number of pyridine rings is 1. The Kier molecular flexibility index (Phi) is 14.5. The molecule has 1 N–H and O–H groups in total. The summed E-state index contributed by atoms with van der Waals surface area (Å²) < 4.78 is 6.73. The molecular weight excluding hydrogens is 925 g/mol. The van der Waals surface area contributed by atoms with Gasteiger partial charge in [0, 0.05) is 65.9 Å². The molecule has 2 aliphatic rings. The molecule has 8 rings (SSSR count). The molecule has 6 aromatic rings. The van der Waals surface area contributed by atoms with Crippen LogP contribution in [-0.4, -0.2) is 21.8 Å². The zero-order chi connectivity index (χ0) is 43.0. The van der Waals surface area contributed by atoms with E-state index in [1.807, 2.05) is 12.3 Å². The van der Waals surface area contributed by atoms with Crippen molar-refractivity contribution in [3.63, 3.8) is 0 Å². The number of allylic oxidation sites excluding steroid dienone is 2. The first kappa shape index (κ1) is 46.7. The third kappa shape index (κ3) is 9.59. The summed E-state index contributed by atoms with van der Waals surface area (Å²) >= 11 is 0. The van der Waals surface area contributed by atoms with E-state index in [9.17, 15) is 5.11 Å². The largest absolute Gasteiger partial charge is 0.512 e. The van der Waals surface area contributed by atoms with Crippen molar-refractivity contribution in [3.8, 4) is 11.3 Å². The SMILES string of the molecule is CC(C)(C)c1cc(-c2nccc3cc4oc5c6c(ccc5c4cc23)C(C)(C)CCC6(C)C)[c-]c2ccccc12.CCC(CC)C(/C=C(\O)C(CC)CC)=NC1CCCCC1.[Ir].